The van der Waals surface area contributed by atoms with Crippen LogP contribution in [0, 0.1) is 0 Å². The van der Waals surface area contributed by atoms with Crippen LogP contribution in [0.2, 0.25) is 5.02 Å². The Morgan fingerprint density at radius 3 is 2.03 bits per heavy atom. The Labute approximate surface area is 179 Å². The number of aryl methyl sites for hydroxylation is 2. The summed E-state index contributed by atoms with van der Waals surface area (Å²) in [5, 5.41) is 3.59. The smallest absolute Gasteiger partial charge is 0.316 e. The molecule has 0 bridgehead atoms. The van der Waals surface area contributed by atoms with Gasteiger partial charge in [-0.3, -0.25) is 14.4 Å². The number of nitrogens with one attached hydrogen (secondary N) is 1. The third-order valence-electron chi connectivity index (χ3n) is 5.26. The lowest BCUT2D eigenvalue weighted by Gasteiger charge is -2.25. The summed E-state index contributed by atoms with van der Waals surface area (Å²) in [6.45, 7) is 5.49. The molecule has 1 N–H and O–H groups in total. The largest absolute Gasteiger partial charge is 0.370 e. The van der Waals surface area contributed by atoms with Crippen molar-refractivity contribution in [2.45, 2.75) is 20.3 Å². The van der Waals surface area contributed by atoms with Crippen LogP contribution in [-0.2, 0) is 25.3 Å². The lowest BCUT2D eigenvalue weighted by molar-refractivity contribution is -0.115. The summed E-state index contributed by atoms with van der Waals surface area (Å²) in [4.78, 5) is 39.3. The zero-order chi connectivity index (χ0) is 22.0. The van der Waals surface area contributed by atoms with Gasteiger partial charge in [-0.2, -0.15) is 0 Å². The fraction of sp³-hybridized carbons (Fsp3) is 0.318. The van der Waals surface area contributed by atoms with Gasteiger partial charge in [0.15, 0.2) is 0 Å². The molecule has 1 amide bonds. The number of hydrogen-bond acceptors (Lipinski definition) is 4. The molecule has 1 heterocycles. The van der Waals surface area contributed by atoms with E-state index in [0.717, 1.165) is 24.3 Å². The second-order valence-corrected chi connectivity index (χ2v) is 7.55. The van der Waals surface area contributed by atoms with E-state index in [1.165, 1.54) is 9.13 Å². The van der Waals surface area contributed by atoms with Gasteiger partial charge in [-0.05, 0) is 43.7 Å². The molecule has 158 valence electrons. The first kappa shape index (κ1) is 21.6. The second kappa shape index (κ2) is 8.75. The van der Waals surface area contributed by atoms with Crippen LogP contribution >= 0.6 is 11.6 Å². The van der Waals surface area contributed by atoms with Gasteiger partial charge in [0.1, 0.15) is 0 Å². The van der Waals surface area contributed by atoms with Crippen molar-refractivity contribution < 1.29 is 4.79 Å². The number of rotatable bonds is 6. The third-order valence-corrected chi connectivity index (χ3v) is 5.52. The van der Waals surface area contributed by atoms with Gasteiger partial charge in [0.05, 0.1) is 28.8 Å². The zero-order valence-electron chi connectivity index (χ0n) is 17.5. The predicted molar refractivity (Wildman–Crippen MR) is 122 cm³/mol. The first-order valence-electron chi connectivity index (χ1n) is 9.79. The van der Waals surface area contributed by atoms with E-state index in [-0.39, 0.29) is 12.3 Å². The molecule has 3 aromatic rings. The highest BCUT2D eigenvalue weighted by atomic mass is 35.5. The molecule has 0 fully saturated rings. The van der Waals surface area contributed by atoms with Crippen molar-refractivity contribution in [3.05, 3.63) is 67.7 Å². The van der Waals surface area contributed by atoms with Crippen LogP contribution in [-0.4, -0.2) is 28.1 Å². The van der Waals surface area contributed by atoms with Gasteiger partial charge in [-0.25, -0.2) is 0 Å². The Bertz CT molecular complexity index is 1210. The molecule has 0 unspecified atom stereocenters. The molecular formula is C22H25ClN4O3. The second-order valence-electron chi connectivity index (χ2n) is 7.11. The van der Waals surface area contributed by atoms with Crippen LogP contribution < -0.4 is 21.3 Å². The highest BCUT2D eigenvalue weighted by Crippen LogP contribution is 2.30. The van der Waals surface area contributed by atoms with E-state index in [1.807, 2.05) is 32.0 Å². The van der Waals surface area contributed by atoms with Crippen molar-refractivity contribution in [1.29, 1.82) is 0 Å². The highest BCUT2D eigenvalue weighted by Gasteiger charge is 2.17. The summed E-state index contributed by atoms with van der Waals surface area (Å²) in [6.07, 6.45) is 0.194. The number of benzene rings is 2. The van der Waals surface area contributed by atoms with Gasteiger partial charge in [0.2, 0.25) is 5.91 Å². The number of amides is 1. The molecule has 30 heavy (non-hydrogen) atoms. The van der Waals surface area contributed by atoms with Gasteiger partial charge in [0.25, 0.3) is 0 Å². The van der Waals surface area contributed by atoms with E-state index in [4.69, 9.17) is 11.6 Å². The molecule has 1 aromatic heterocycles. The minimum absolute atomic E-state index is 0.181. The molecule has 7 nitrogen and oxygen atoms in total. The molecule has 0 aliphatic carbocycles. The van der Waals surface area contributed by atoms with Gasteiger partial charge in [0, 0.05) is 32.2 Å². The molecule has 0 saturated heterocycles. The van der Waals surface area contributed by atoms with Crippen LogP contribution in [0.25, 0.3) is 11.0 Å². The van der Waals surface area contributed by atoms with Gasteiger partial charge < -0.3 is 19.4 Å². The standard InChI is InChI=1S/C22H25ClN4O3/c1-5-27(6-2)17-13-19-18(25(3)21(29)22(30)26(19)4)12-16(17)24-20(28)11-14-7-9-15(23)10-8-14/h7-10,12-13H,5-6,11H2,1-4H3,(H,24,28). The molecular weight excluding hydrogens is 404 g/mol. The highest BCUT2D eigenvalue weighted by molar-refractivity contribution is 6.30. The first-order chi connectivity index (χ1) is 14.3. The average Bonchev–Trinajstić information content (AvgIpc) is 2.73. The Kier molecular flexibility index (Phi) is 6.31. The summed E-state index contributed by atoms with van der Waals surface area (Å²) < 4.78 is 2.67. The van der Waals surface area contributed by atoms with Crippen LogP contribution in [0.1, 0.15) is 19.4 Å². The van der Waals surface area contributed by atoms with Crippen molar-refractivity contribution in [2.75, 3.05) is 23.3 Å². The summed E-state index contributed by atoms with van der Waals surface area (Å²) >= 11 is 5.91. The lowest BCUT2D eigenvalue weighted by Crippen LogP contribution is -2.39. The molecule has 0 atom stereocenters. The maximum atomic E-state index is 12.7. The zero-order valence-corrected chi connectivity index (χ0v) is 18.3. The minimum atomic E-state index is -0.612. The monoisotopic (exact) mass is 428 g/mol. The Balaban J connectivity index is 2.09. The number of carbonyl (C=O) groups is 1. The number of fused-ring (bicyclic) bond motifs is 1. The van der Waals surface area contributed by atoms with E-state index >= 15 is 0 Å². The molecule has 0 aliphatic rings. The van der Waals surface area contributed by atoms with Crippen molar-refractivity contribution in [3.63, 3.8) is 0 Å². The van der Waals surface area contributed by atoms with E-state index < -0.39 is 11.1 Å². The fourth-order valence-electron chi connectivity index (χ4n) is 3.52. The number of halogens is 1. The van der Waals surface area contributed by atoms with E-state index in [9.17, 15) is 14.4 Å². The molecule has 2 aromatic carbocycles. The first-order valence-corrected chi connectivity index (χ1v) is 10.2. The third kappa shape index (κ3) is 4.11. The topological polar surface area (TPSA) is 76.3 Å². The molecule has 0 aliphatic heterocycles. The van der Waals surface area contributed by atoms with Crippen LogP contribution in [0.5, 0.6) is 0 Å². The van der Waals surface area contributed by atoms with Gasteiger partial charge >= 0.3 is 11.1 Å². The lowest BCUT2D eigenvalue weighted by atomic mass is 10.1. The van der Waals surface area contributed by atoms with Crippen molar-refractivity contribution >= 4 is 39.9 Å². The number of carbonyl (C=O) groups excluding carboxylic acids is 1. The number of aromatic nitrogens is 2. The Hall–Kier alpha value is -3.06. The molecule has 3 rings (SSSR count). The molecule has 0 spiro atoms. The SMILES string of the molecule is CCN(CC)c1cc2c(cc1NC(=O)Cc1ccc(Cl)cc1)n(C)c(=O)c(=O)n2C. The van der Waals surface area contributed by atoms with E-state index in [0.29, 0.717) is 21.7 Å². The summed E-state index contributed by atoms with van der Waals surface area (Å²) in [5.74, 6) is -0.181. The minimum Gasteiger partial charge on any atom is -0.370 e. The number of anilines is 2. The van der Waals surface area contributed by atoms with Gasteiger partial charge in [-0.1, -0.05) is 23.7 Å². The van der Waals surface area contributed by atoms with E-state index in [2.05, 4.69) is 10.2 Å². The predicted octanol–water partition coefficient (Wildman–Crippen LogP) is 2.92. The Morgan fingerprint density at radius 2 is 1.50 bits per heavy atom. The Morgan fingerprint density at radius 1 is 0.967 bits per heavy atom. The van der Waals surface area contributed by atoms with Crippen molar-refractivity contribution in [2.24, 2.45) is 14.1 Å². The fourth-order valence-corrected chi connectivity index (χ4v) is 3.64. The van der Waals surface area contributed by atoms with Crippen molar-refractivity contribution in [3.8, 4) is 0 Å². The molecule has 8 heteroatoms. The van der Waals surface area contributed by atoms with E-state index in [1.54, 1.807) is 32.3 Å². The normalized spacial score (nSPS) is 11.0. The number of hydrogen-bond donors (Lipinski definition) is 1. The number of nitrogens with zero attached hydrogens (tertiary/aromatic N) is 3. The molecule has 0 radical (unpaired) electrons. The summed E-state index contributed by atoms with van der Waals surface area (Å²) in [7, 11) is 3.14. The van der Waals surface area contributed by atoms with Crippen LogP contribution in [0.3, 0.4) is 0 Å². The average molecular weight is 429 g/mol. The van der Waals surface area contributed by atoms with Crippen LogP contribution in [0.4, 0.5) is 11.4 Å². The van der Waals surface area contributed by atoms with Gasteiger partial charge in [-0.15, -0.1) is 0 Å². The quantitative estimate of drug-likeness (QED) is 0.612. The maximum absolute atomic E-state index is 12.7. The molecule has 0 saturated carbocycles. The van der Waals surface area contributed by atoms with Crippen molar-refractivity contribution in [1.82, 2.24) is 9.13 Å². The maximum Gasteiger partial charge on any atom is 0.316 e. The summed E-state index contributed by atoms with van der Waals surface area (Å²) in [5.41, 5.74) is 2.23. The summed E-state index contributed by atoms with van der Waals surface area (Å²) in [6, 6.07) is 10.7. The van der Waals surface area contributed by atoms with Crippen LogP contribution in [0.15, 0.2) is 46.0 Å².